The van der Waals surface area contributed by atoms with E-state index in [4.69, 9.17) is 0 Å². The number of fused-ring (bicyclic) bond motifs is 1. The molecule has 0 saturated carbocycles. The molecule has 0 bridgehead atoms. The van der Waals surface area contributed by atoms with E-state index in [1.54, 1.807) is 11.3 Å². The Hall–Kier alpha value is -1.67. The highest BCUT2D eigenvalue weighted by molar-refractivity contribution is 7.13. The summed E-state index contributed by atoms with van der Waals surface area (Å²) in [5, 5.41) is 3.33. The van der Waals surface area contributed by atoms with Gasteiger partial charge in [-0.1, -0.05) is 24.3 Å². The lowest BCUT2D eigenvalue weighted by Crippen LogP contribution is -1.83. The summed E-state index contributed by atoms with van der Waals surface area (Å²) in [7, 11) is 0. The van der Waals surface area contributed by atoms with Gasteiger partial charge in [0.15, 0.2) is 0 Å². The quantitative estimate of drug-likeness (QED) is 0.602. The molecule has 78 valence electrons. The van der Waals surface area contributed by atoms with Crippen LogP contribution in [0.5, 0.6) is 0 Å². The Balaban J connectivity index is 2.36. The van der Waals surface area contributed by atoms with Crippen molar-refractivity contribution in [3.8, 4) is 10.4 Å². The number of nitrogens with zero attached hydrogens (tertiary/aromatic N) is 1. The summed E-state index contributed by atoms with van der Waals surface area (Å²) in [6.45, 7) is 2.15. The number of aryl methyl sites for hydroxylation is 1. The van der Waals surface area contributed by atoms with Gasteiger partial charge in [0.05, 0.1) is 5.52 Å². The number of pyridine rings is 1. The average Bonchev–Trinajstić information content (AvgIpc) is 2.75. The third-order valence-electron chi connectivity index (χ3n) is 2.74. The van der Waals surface area contributed by atoms with Crippen molar-refractivity contribution in [3.63, 3.8) is 0 Å². The second-order valence-corrected chi connectivity index (χ2v) is 4.73. The SMILES string of the molecule is Cc1ccsc1-c1cccc2cccnc12. The fourth-order valence-corrected chi connectivity index (χ4v) is 2.89. The Kier molecular flexibility index (Phi) is 2.22. The highest BCUT2D eigenvalue weighted by atomic mass is 32.1. The third-order valence-corrected chi connectivity index (χ3v) is 3.79. The summed E-state index contributed by atoms with van der Waals surface area (Å²) >= 11 is 1.78. The molecule has 0 N–H and O–H groups in total. The van der Waals surface area contributed by atoms with Crippen LogP contribution >= 0.6 is 11.3 Å². The fraction of sp³-hybridized carbons (Fsp3) is 0.0714. The topological polar surface area (TPSA) is 12.9 Å². The molecule has 16 heavy (non-hydrogen) atoms. The van der Waals surface area contributed by atoms with E-state index in [1.807, 2.05) is 12.3 Å². The van der Waals surface area contributed by atoms with Crippen LogP contribution in [0.25, 0.3) is 21.3 Å². The molecule has 0 fully saturated rings. The van der Waals surface area contributed by atoms with Crippen LogP contribution in [0.1, 0.15) is 5.56 Å². The van der Waals surface area contributed by atoms with Crippen molar-refractivity contribution in [2.45, 2.75) is 6.92 Å². The van der Waals surface area contributed by atoms with E-state index in [2.05, 4.69) is 47.6 Å². The predicted molar refractivity (Wildman–Crippen MR) is 69.8 cm³/mol. The number of thiophene rings is 1. The molecule has 0 saturated heterocycles. The number of aromatic nitrogens is 1. The Bertz CT molecular complexity index is 635. The first-order valence-electron chi connectivity index (χ1n) is 5.24. The van der Waals surface area contributed by atoms with Crippen molar-refractivity contribution < 1.29 is 0 Å². The summed E-state index contributed by atoms with van der Waals surface area (Å²) in [5.74, 6) is 0. The highest BCUT2D eigenvalue weighted by Gasteiger charge is 2.07. The Labute approximate surface area is 98.4 Å². The lowest BCUT2D eigenvalue weighted by atomic mass is 10.1. The molecule has 2 heteroatoms. The molecule has 2 aromatic heterocycles. The van der Waals surface area contributed by atoms with Gasteiger partial charge < -0.3 is 0 Å². The molecule has 0 amide bonds. The largest absolute Gasteiger partial charge is 0.256 e. The molecule has 0 spiro atoms. The highest BCUT2D eigenvalue weighted by Crippen LogP contribution is 2.33. The van der Waals surface area contributed by atoms with Crippen molar-refractivity contribution >= 4 is 22.2 Å². The molecule has 2 heterocycles. The normalized spacial score (nSPS) is 10.8. The minimum Gasteiger partial charge on any atom is -0.256 e. The smallest absolute Gasteiger partial charge is 0.0788 e. The number of hydrogen-bond donors (Lipinski definition) is 0. The zero-order valence-corrected chi connectivity index (χ0v) is 9.79. The van der Waals surface area contributed by atoms with Gasteiger partial charge in [-0.05, 0) is 30.0 Å². The molecule has 0 atom stereocenters. The predicted octanol–water partition coefficient (Wildman–Crippen LogP) is 4.27. The molecule has 0 radical (unpaired) electrons. The standard InChI is InChI=1S/C14H11NS/c1-10-7-9-16-14(10)12-6-2-4-11-5-3-8-15-13(11)12/h2-9H,1H3. The van der Waals surface area contributed by atoms with Gasteiger partial charge >= 0.3 is 0 Å². The van der Waals surface area contributed by atoms with Crippen LogP contribution in [0.15, 0.2) is 48.0 Å². The zero-order chi connectivity index (χ0) is 11.0. The number of rotatable bonds is 1. The molecule has 1 nitrogen and oxygen atoms in total. The van der Waals surface area contributed by atoms with Crippen LogP contribution in [0.2, 0.25) is 0 Å². The van der Waals surface area contributed by atoms with E-state index in [-0.39, 0.29) is 0 Å². The molecule has 0 aliphatic rings. The molecule has 0 unspecified atom stereocenters. The van der Waals surface area contributed by atoms with Crippen molar-refractivity contribution in [3.05, 3.63) is 53.5 Å². The van der Waals surface area contributed by atoms with Gasteiger partial charge in [-0.2, -0.15) is 0 Å². The first-order chi connectivity index (χ1) is 7.86. The Morgan fingerprint density at radius 3 is 2.75 bits per heavy atom. The van der Waals surface area contributed by atoms with Crippen molar-refractivity contribution in [1.29, 1.82) is 0 Å². The Morgan fingerprint density at radius 1 is 1.06 bits per heavy atom. The second kappa shape index (κ2) is 3.72. The van der Waals surface area contributed by atoms with Gasteiger partial charge in [0, 0.05) is 22.0 Å². The van der Waals surface area contributed by atoms with Crippen LogP contribution < -0.4 is 0 Å². The van der Waals surface area contributed by atoms with E-state index < -0.39 is 0 Å². The minimum atomic E-state index is 1.09. The van der Waals surface area contributed by atoms with Gasteiger partial charge in [-0.25, -0.2) is 0 Å². The van der Waals surface area contributed by atoms with Gasteiger partial charge in [0.2, 0.25) is 0 Å². The lowest BCUT2D eigenvalue weighted by molar-refractivity contribution is 1.41. The number of para-hydroxylation sites is 1. The molecule has 1 aromatic carbocycles. The average molecular weight is 225 g/mol. The van der Waals surface area contributed by atoms with E-state index in [1.165, 1.54) is 21.4 Å². The van der Waals surface area contributed by atoms with Crippen LogP contribution in [0.3, 0.4) is 0 Å². The maximum Gasteiger partial charge on any atom is 0.0788 e. The van der Waals surface area contributed by atoms with Crippen LogP contribution in [-0.4, -0.2) is 4.98 Å². The molecule has 0 aliphatic heterocycles. The number of hydrogen-bond acceptors (Lipinski definition) is 2. The summed E-state index contributed by atoms with van der Waals surface area (Å²) < 4.78 is 0. The first-order valence-corrected chi connectivity index (χ1v) is 6.12. The van der Waals surface area contributed by atoms with Gasteiger partial charge in [0.1, 0.15) is 0 Å². The van der Waals surface area contributed by atoms with E-state index in [0.717, 1.165) is 5.52 Å². The maximum atomic E-state index is 4.48. The van der Waals surface area contributed by atoms with Crippen molar-refractivity contribution in [2.24, 2.45) is 0 Å². The van der Waals surface area contributed by atoms with Crippen LogP contribution in [0.4, 0.5) is 0 Å². The third kappa shape index (κ3) is 1.42. The van der Waals surface area contributed by atoms with Crippen LogP contribution in [0, 0.1) is 6.92 Å². The van der Waals surface area contributed by atoms with E-state index in [9.17, 15) is 0 Å². The van der Waals surface area contributed by atoms with Gasteiger partial charge in [-0.3, -0.25) is 4.98 Å². The molecular formula is C14H11NS. The lowest BCUT2D eigenvalue weighted by Gasteiger charge is -2.04. The van der Waals surface area contributed by atoms with Crippen molar-refractivity contribution in [2.75, 3.05) is 0 Å². The van der Waals surface area contributed by atoms with Crippen molar-refractivity contribution in [1.82, 2.24) is 4.98 Å². The summed E-state index contributed by atoms with van der Waals surface area (Å²) in [6.07, 6.45) is 1.86. The second-order valence-electron chi connectivity index (χ2n) is 3.81. The summed E-state index contributed by atoms with van der Waals surface area (Å²) in [5.41, 5.74) is 3.66. The molecule has 3 aromatic rings. The molecule has 0 aliphatic carbocycles. The van der Waals surface area contributed by atoms with Crippen LogP contribution in [-0.2, 0) is 0 Å². The molecule has 3 rings (SSSR count). The van der Waals surface area contributed by atoms with Gasteiger partial charge in [-0.15, -0.1) is 11.3 Å². The maximum absolute atomic E-state index is 4.48. The number of benzene rings is 1. The first kappa shape index (κ1) is 9.55. The summed E-state index contributed by atoms with van der Waals surface area (Å²) in [4.78, 5) is 5.81. The van der Waals surface area contributed by atoms with E-state index in [0.29, 0.717) is 0 Å². The monoisotopic (exact) mass is 225 g/mol. The fourth-order valence-electron chi connectivity index (χ4n) is 1.94. The summed E-state index contributed by atoms with van der Waals surface area (Å²) in [6, 6.07) is 12.6. The molecular weight excluding hydrogens is 214 g/mol. The zero-order valence-electron chi connectivity index (χ0n) is 8.97. The minimum absolute atomic E-state index is 1.09. The Morgan fingerprint density at radius 2 is 1.94 bits per heavy atom. The van der Waals surface area contributed by atoms with Gasteiger partial charge in [0.25, 0.3) is 0 Å². The van der Waals surface area contributed by atoms with E-state index >= 15 is 0 Å².